The molecule has 0 saturated heterocycles. The Morgan fingerprint density at radius 3 is 2.63 bits per heavy atom. The molecule has 1 aromatic rings. The van der Waals surface area contributed by atoms with E-state index in [2.05, 4.69) is 0 Å². The Labute approximate surface area is 116 Å². The summed E-state index contributed by atoms with van der Waals surface area (Å²) in [6, 6.07) is 4.43. The van der Waals surface area contributed by atoms with Gasteiger partial charge in [0.05, 0.1) is 11.0 Å². The first-order chi connectivity index (χ1) is 9.10. The van der Waals surface area contributed by atoms with Crippen LogP contribution in [0.4, 0.5) is 5.69 Å². The molecule has 5 nitrogen and oxygen atoms in total. The maximum absolute atomic E-state index is 10.9. The van der Waals surface area contributed by atoms with Gasteiger partial charge in [-0.2, -0.15) is 0 Å². The first-order valence-corrected chi connectivity index (χ1v) is 6.69. The highest BCUT2D eigenvalue weighted by atomic mass is 35.5. The summed E-state index contributed by atoms with van der Waals surface area (Å²) in [5.74, 6) is 0.599. The summed E-state index contributed by atoms with van der Waals surface area (Å²) in [5.41, 5.74) is -0.100. The van der Waals surface area contributed by atoms with Crippen LogP contribution in [0.2, 0.25) is 5.02 Å². The minimum atomic E-state index is -0.486. The maximum Gasteiger partial charge on any atom is 0.312 e. The van der Waals surface area contributed by atoms with Crippen molar-refractivity contribution in [3.05, 3.63) is 33.3 Å². The zero-order valence-electron chi connectivity index (χ0n) is 10.4. The third kappa shape index (κ3) is 3.58. The predicted molar refractivity (Wildman–Crippen MR) is 71.6 cm³/mol. The molecule has 0 heterocycles. The van der Waals surface area contributed by atoms with Crippen molar-refractivity contribution in [2.24, 2.45) is 5.92 Å². The fourth-order valence-electron chi connectivity index (χ4n) is 2.34. The van der Waals surface area contributed by atoms with Crippen LogP contribution in [-0.4, -0.2) is 22.7 Å². The van der Waals surface area contributed by atoms with Gasteiger partial charge in [-0.25, -0.2) is 0 Å². The number of rotatable bonds is 4. The van der Waals surface area contributed by atoms with Crippen LogP contribution in [0, 0.1) is 16.0 Å². The zero-order valence-corrected chi connectivity index (χ0v) is 11.2. The molecule has 0 atom stereocenters. The van der Waals surface area contributed by atoms with Crippen LogP contribution in [-0.2, 0) is 0 Å². The van der Waals surface area contributed by atoms with Crippen LogP contribution >= 0.6 is 11.6 Å². The lowest BCUT2D eigenvalue weighted by atomic mass is 9.88. The number of aliphatic hydroxyl groups excluding tert-OH is 1. The molecular formula is C13H16ClNO4. The van der Waals surface area contributed by atoms with Crippen molar-refractivity contribution in [1.82, 2.24) is 0 Å². The molecule has 0 bridgehead atoms. The molecule has 0 spiro atoms. The largest absolute Gasteiger partial charge is 0.484 e. The second-order valence-corrected chi connectivity index (χ2v) is 5.25. The predicted octanol–water partition coefficient (Wildman–Crippen LogP) is 3.18. The lowest BCUT2D eigenvalue weighted by molar-refractivity contribution is -0.386. The minimum Gasteiger partial charge on any atom is -0.484 e. The summed E-state index contributed by atoms with van der Waals surface area (Å²) in [7, 11) is 0. The van der Waals surface area contributed by atoms with Gasteiger partial charge >= 0.3 is 5.69 Å². The summed E-state index contributed by atoms with van der Waals surface area (Å²) in [6.07, 6.45) is 3.38. The van der Waals surface area contributed by atoms with E-state index in [9.17, 15) is 10.1 Å². The topological polar surface area (TPSA) is 72.6 Å². The number of hydrogen-bond acceptors (Lipinski definition) is 4. The molecule has 104 valence electrons. The molecule has 0 unspecified atom stereocenters. The summed E-state index contributed by atoms with van der Waals surface area (Å²) in [6.45, 7) is 0.202. The normalized spacial score (nSPS) is 23.1. The van der Waals surface area contributed by atoms with Crippen molar-refractivity contribution in [3.8, 4) is 5.75 Å². The number of aliphatic hydroxyl groups is 1. The Balaban J connectivity index is 2.05. The van der Waals surface area contributed by atoms with Crippen molar-refractivity contribution in [3.63, 3.8) is 0 Å². The molecule has 0 aliphatic heterocycles. The molecule has 1 N–H and O–H groups in total. The van der Waals surface area contributed by atoms with Gasteiger partial charge in [-0.1, -0.05) is 11.6 Å². The van der Waals surface area contributed by atoms with Crippen molar-refractivity contribution < 1.29 is 14.8 Å². The quantitative estimate of drug-likeness (QED) is 0.681. The van der Waals surface area contributed by atoms with Crippen LogP contribution in [0.15, 0.2) is 18.2 Å². The molecule has 1 aliphatic rings. The molecule has 0 radical (unpaired) electrons. The van der Waals surface area contributed by atoms with E-state index in [4.69, 9.17) is 21.4 Å². The summed E-state index contributed by atoms with van der Waals surface area (Å²) in [5, 5.41) is 20.3. The first kappa shape index (κ1) is 14.1. The van der Waals surface area contributed by atoms with E-state index < -0.39 is 4.92 Å². The number of benzene rings is 1. The number of hydrogen-bond donors (Lipinski definition) is 1. The van der Waals surface area contributed by atoms with Gasteiger partial charge in [-0.15, -0.1) is 0 Å². The van der Waals surface area contributed by atoms with Crippen molar-refractivity contribution in [2.75, 3.05) is 6.61 Å². The Bertz CT molecular complexity index is 458. The van der Waals surface area contributed by atoms with Crippen molar-refractivity contribution in [2.45, 2.75) is 31.8 Å². The van der Waals surface area contributed by atoms with Gasteiger partial charge in [-0.05, 0) is 43.7 Å². The van der Waals surface area contributed by atoms with Gasteiger partial charge in [0.2, 0.25) is 0 Å². The summed E-state index contributed by atoms with van der Waals surface area (Å²) in [4.78, 5) is 10.5. The third-order valence-electron chi connectivity index (χ3n) is 3.46. The number of ether oxygens (including phenoxy) is 1. The molecule has 1 aliphatic carbocycles. The van der Waals surface area contributed by atoms with E-state index in [0.29, 0.717) is 10.9 Å². The zero-order chi connectivity index (χ0) is 13.8. The van der Waals surface area contributed by atoms with E-state index >= 15 is 0 Å². The Morgan fingerprint density at radius 2 is 2.05 bits per heavy atom. The van der Waals surface area contributed by atoms with Crippen LogP contribution in [0.5, 0.6) is 5.75 Å². The van der Waals surface area contributed by atoms with Crippen molar-refractivity contribution >= 4 is 17.3 Å². The lowest BCUT2D eigenvalue weighted by Crippen LogP contribution is -2.25. The fraction of sp³-hybridized carbons (Fsp3) is 0.538. The lowest BCUT2D eigenvalue weighted by Gasteiger charge is -2.27. The number of nitrogens with zero attached hydrogens (tertiary/aromatic N) is 1. The first-order valence-electron chi connectivity index (χ1n) is 6.31. The highest BCUT2D eigenvalue weighted by Crippen LogP contribution is 2.33. The van der Waals surface area contributed by atoms with Gasteiger partial charge in [-0.3, -0.25) is 10.1 Å². The second-order valence-electron chi connectivity index (χ2n) is 4.81. The average molecular weight is 286 g/mol. The molecule has 1 fully saturated rings. The van der Waals surface area contributed by atoms with Crippen molar-refractivity contribution in [1.29, 1.82) is 0 Å². The molecule has 1 aromatic carbocycles. The van der Waals surface area contributed by atoms with E-state index in [-0.39, 0.29) is 24.1 Å². The number of nitro benzene ring substituents is 1. The van der Waals surface area contributed by atoms with Gasteiger partial charge < -0.3 is 9.84 Å². The number of nitro groups is 1. The van der Waals surface area contributed by atoms with Crippen LogP contribution in [0.25, 0.3) is 0 Å². The Hall–Kier alpha value is -1.33. The average Bonchev–Trinajstić information content (AvgIpc) is 2.41. The third-order valence-corrected chi connectivity index (χ3v) is 3.70. The highest BCUT2D eigenvalue weighted by molar-refractivity contribution is 6.30. The van der Waals surface area contributed by atoms with Gasteiger partial charge in [0.25, 0.3) is 0 Å². The smallest absolute Gasteiger partial charge is 0.312 e. The molecule has 0 amide bonds. The van der Waals surface area contributed by atoms with E-state index in [1.54, 1.807) is 12.1 Å². The van der Waals surface area contributed by atoms with E-state index in [0.717, 1.165) is 25.7 Å². The molecule has 2 rings (SSSR count). The molecule has 19 heavy (non-hydrogen) atoms. The Kier molecular flexibility index (Phi) is 4.61. The van der Waals surface area contributed by atoms with Gasteiger partial charge in [0.15, 0.2) is 5.75 Å². The molecule has 0 aromatic heterocycles. The van der Waals surface area contributed by atoms with E-state index in [1.807, 2.05) is 0 Å². The standard InChI is InChI=1S/C13H16ClNO4/c14-10-3-6-13(12(7-10)15(17)18)19-11-4-1-9(8-16)2-5-11/h3,6-7,9,11,16H,1-2,4-5,8H2. The summed E-state index contributed by atoms with van der Waals surface area (Å²) < 4.78 is 5.71. The second kappa shape index (κ2) is 6.21. The highest BCUT2D eigenvalue weighted by Gasteiger charge is 2.24. The van der Waals surface area contributed by atoms with Gasteiger partial charge in [0.1, 0.15) is 0 Å². The number of halogens is 1. The van der Waals surface area contributed by atoms with Crippen LogP contribution in [0.3, 0.4) is 0 Å². The molecule has 6 heteroatoms. The Morgan fingerprint density at radius 1 is 1.37 bits per heavy atom. The monoisotopic (exact) mass is 285 g/mol. The van der Waals surface area contributed by atoms with E-state index in [1.165, 1.54) is 6.07 Å². The summed E-state index contributed by atoms with van der Waals surface area (Å²) >= 11 is 5.75. The SMILES string of the molecule is O=[N+]([O-])c1cc(Cl)ccc1OC1CCC(CO)CC1. The molecule has 1 saturated carbocycles. The molecular weight excluding hydrogens is 270 g/mol. The maximum atomic E-state index is 10.9. The fourth-order valence-corrected chi connectivity index (χ4v) is 2.51. The van der Waals surface area contributed by atoms with Gasteiger partial charge in [0, 0.05) is 17.7 Å². The van der Waals surface area contributed by atoms with Crippen LogP contribution in [0.1, 0.15) is 25.7 Å². The minimum absolute atomic E-state index is 0.0253. The van der Waals surface area contributed by atoms with Crippen LogP contribution < -0.4 is 4.74 Å².